The highest BCUT2D eigenvalue weighted by atomic mass is 16.6. The fraction of sp³-hybridized carbons (Fsp3) is 1.00. The number of nitrogens with one attached hydrogen (secondary N) is 1. The molecule has 0 aromatic rings. The van der Waals surface area contributed by atoms with Crippen molar-refractivity contribution >= 4 is 0 Å². The van der Waals surface area contributed by atoms with Gasteiger partial charge in [0.1, 0.15) is 0 Å². The van der Waals surface area contributed by atoms with E-state index in [0.717, 1.165) is 19.6 Å². The molecule has 0 saturated carbocycles. The van der Waals surface area contributed by atoms with Crippen LogP contribution in [-0.2, 0) is 14.2 Å². The Bertz CT molecular complexity index is 191. The maximum Gasteiger partial charge on any atom is 0.0933 e. The van der Waals surface area contributed by atoms with Crippen molar-refractivity contribution in [2.24, 2.45) is 0 Å². The molecule has 0 radical (unpaired) electrons. The van der Waals surface area contributed by atoms with Crippen LogP contribution in [0.5, 0.6) is 0 Å². The Kier molecular flexibility index (Phi) is 5.69. The van der Waals surface area contributed by atoms with E-state index < -0.39 is 0 Å². The lowest BCUT2D eigenvalue weighted by Crippen LogP contribution is -2.43. The normalized spacial score (nSPS) is 24.4. The van der Waals surface area contributed by atoms with Crippen molar-refractivity contribution in [3.63, 3.8) is 0 Å². The zero-order chi connectivity index (χ0) is 12.0. The molecule has 16 heavy (non-hydrogen) atoms. The fourth-order valence-electron chi connectivity index (χ4n) is 1.88. The third-order valence-corrected chi connectivity index (χ3v) is 2.93. The minimum absolute atomic E-state index is 0.0731. The number of rotatable bonds is 6. The molecule has 1 aliphatic rings. The largest absolute Gasteiger partial charge is 0.379 e. The van der Waals surface area contributed by atoms with Gasteiger partial charge in [-0.2, -0.15) is 0 Å². The summed E-state index contributed by atoms with van der Waals surface area (Å²) in [5.74, 6) is 0. The lowest BCUT2D eigenvalue weighted by atomic mass is 10.00. The van der Waals surface area contributed by atoms with Crippen LogP contribution in [0.3, 0.4) is 0 Å². The Balaban J connectivity index is 2.16. The summed E-state index contributed by atoms with van der Waals surface area (Å²) >= 11 is 0. The second-order valence-corrected chi connectivity index (χ2v) is 5.04. The standard InChI is InChI=1S/C12H25NO3/c1-10(7-12(2,3)14-4)13-8-11-9-15-5-6-16-11/h10-11,13H,5-9H2,1-4H3. The highest BCUT2D eigenvalue weighted by molar-refractivity contribution is 4.76. The van der Waals surface area contributed by atoms with Crippen LogP contribution in [0.1, 0.15) is 27.2 Å². The zero-order valence-corrected chi connectivity index (χ0v) is 10.9. The molecule has 1 rings (SSSR count). The van der Waals surface area contributed by atoms with Gasteiger partial charge in [0, 0.05) is 19.7 Å². The predicted octanol–water partition coefficient (Wildman–Crippen LogP) is 1.19. The molecule has 0 aromatic heterocycles. The summed E-state index contributed by atoms with van der Waals surface area (Å²) in [7, 11) is 1.75. The van der Waals surface area contributed by atoms with Crippen LogP contribution in [0.4, 0.5) is 0 Å². The first kappa shape index (κ1) is 13.9. The topological polar surface area (TPSA) is 39.7 Å². The van der Waals surface area contributed by atoms with Crippen LogP contribution in [0.2, 0.25) is 0 Å². The van der Waals surface area contributed by atoms with Gasteiger partial charge in [-0.25, -0.2) is 0 Å². The highest BCUT2D eigenvalue weighted by Crippen LogP contribution is 2.15. The summed E-state index contributed by atoms with van der Waals surface area (Å²) in [6.07, 6.45) is 1.18. The molecule has 1 heterocycles. The molecule has 96 valence electrons. The molecule has 1 saturated heterocycles. The van der Waals surface area contributed by atoms with E-state index in [0.29, 0.717) is 19.3 Å². The SMILES string of the molecule is COC(C)(C)CC(C)NCC1COCCO1. The highest BCUT2D eigenvalue weighted by Gasteiger charge is 2.21. The summed E-state index contributed by atoms with van der Waals surface area (Å²) < 4.78 is 16.3. The summed E-state index contributed by atoms with van der Waals surface area (Å²) in [6.45, 7) is 9.36. The molecular formula is C12H25NO3. The number of methoxy groups -OCH3 is 1. The molecule has 0 aliphatic carbocycles. The van der Waals surface area contributed by atoms with Gasteiger partial charge in [0.05, 0.1) is 31.5 Å². The lowest BCUT2D eigenvalue weighted by Gasteiger charge is -2.29. The number of ether oxygens (including phenoxy) is 3. The molecule has 0 aromatic carbocycles. The van der Waals surface area contributed by atoms with E-state index in [1.807, 2.05) is 0 Å². The average Bonchev–Trinajstić information content (AvgIpc) is 2.27. The van der Waals surface area contributed by atoms with Gasteiger partial charge in [-0.3, -0.25) is 0 Å². The van der Waals surface area contributed by atoms with Gasteiger partial charge in [-0.15, -0.1) is 0 Å². The van der Waals surface area contributed by atoms with E-state index in [2.05, 4.69) is 26.1 Å². The van der Waals surface area contributed by atoms with Crippen molar-refractivity contribution in [2.45, 2.75) is 44.9 Å². The molecule has 4 heteroatoms. The maximum atomic E-state index is 5.57. The monoisotopic (exact) mass is 231 g/mol. The van der Waals surface area contributed by atoms with E-state index in [9.17, 15) is 0 Å². The van der Waals surface area contributed by atoms with Crippen molar-refractivity contribution in [1.29, 1.82) is 0 Å². The zero-order valence-electron chi connectivity index (χ0n) is 10.9. The van der Waals surface area contributed by atoms with Gasteiger partial charge in [0.2, 0.25) is 0 Å². The van der Waals surface area contributed by atoms with E-state index in [4.69, 9.17) is 14.2 Å². The first-order valence-corrected chi connectivity index (χ1v) is 6.01. The van der Waals surface area contributed by atoms with E-state index in [-0.39, 0.29) is 11.7 Å². The molecule has 1 N–H and O–H groups in total. The molecule has 4 nitrogen and oxygen atoms in total. The Morgan fingerprint density at radius 3 is 2.75 bits per heavy atom. The van der Waals surface area contributed by atoms with Gasteiger partial charge >= 0.3 is 0 Å². The quantitative estimate of drug-likeness (QED) is 0.745. The summed E-state index contributed by atoms with van der Waals surface area (Å²) in [5.41, 5.74) is -0.0731. The molecule has 0 spiro atoms. The third kappa shape index (κ3) is 5.25. The van der Waals surface area contributed by atoms with Crippen molar-refractivity contribution in [2.75, 3.05) is 33.5 Å². The molecular weight excluding hydrogens is 206 g/mol. The number of hydrogen-bond acceptors (Lipinski definition) is 4. The second-order valence-electron chi connectivity index (χ2n) is 5.04. The molecule has 1 fully saturated rings. The first-order valence-electron chi connectivity index (χ1n) is 6.01. The van der Waals surface area contributed by atoms with E-state index in [1.54, 1.807) is 7.11 Å². The fourth-order valence-corrected chi connectivity index (χ4v) is 1.88. The van der Waals surface area contributed by atoms with Crippen molar-refractivity contribution < 1.29 is 14.2 Å². The Morgan fingerprint density at radius 1 is 1.44 bits per heavy atom. The molecule has 0 bridgehead atoms. The maximum absolute atomic E-state index is 5.57. The number of hydrogen-bond donors (Lipinski definition) is 1. The van der Waals surface area contributed by atoms with E-state index >= 15 is 0 Å². The molecule has 1 aliphatic heterocycles. The van der Waals surface area contributed by atoms with Gasteiger partial charge < -0.3 is 19.5 Å². The van der Waals surface area contributed by atoms with E-state index in [1.165, 1.54) is 0 Å². The van der Waals surface area contributed by atoms with Crippen molar-refractivity contribution in [3.8, 4) is 0 Å². The molecule has 2 atom stereocenters. The van der Waals surface area contributed by atoms with Crippen LogP contribution < -0.4 is 5.32 Å². The lowest BCUT2D eigenvalue weighted by molar-refractivity contribution is -0.0876. The molecule has 0 amide bonds. The smallest absolute Gasteiger partial charge is 0.0933 e. The predicted molar refractivity (Wildman–Crippen MR) is 63.7 cm³/mol. The van der Waals surface area contributed by atoms with Crippen LogP contribution in [0.25, 0.3) is 0 Å². The van der Waals surface area contributed by atoms with Gasteiger partial charge in [-0.1, -0.05) is 0 Å². The van der Waals surface area contributed by atoms with Gasteiger partial charge in [0.25, 0.3) is 0 Å². The summed E-state index contributed by atoms with van der Waals surface area (Å²) in [6, 6.07) is 0.417. The van der Waals surface area contributed by atoms with Gasteiger partial charge in [-0.05, 0) is 27.2 Å². The Hall–Kier alpha value is -0.160. The second kappa shape index (κ2) is 6.55. The average molecular weight is 231 g/mol. The summed E-state index contributed by atoms with van der Waals surface area (Å²) in [4.78, 5) is 0. The summed E-state index contributed by atoms with van der Waals surface area (Å²) in [5, 5.41) is 3.46. The van der Waals surface area contributed by atoms with Crippen LogP contribution in [0.15, 0.2) is 0 Å². The van der Waals surface area contributed by atoms with Gasteiger partial charge in [0.15, 0.2) is 0 Å². The van der Waals surface area contributed by atoms with Crippen molar-refractivity contribution in [3.05, 3.63) is 0 Å². The Labute approximate surface area is 98.6 Å². The van der Waals surface area contributed by atoms with Crippen LogP contribution in [0, 0.1) is 0 Å². The minimum Gasteiger partial charge on any atom is -0.379 e. The minimum atomic E-state index is -0.0731. The molecule has 2 unspecified atom stereocenters. The van der Waals surface area contributed by atoms with Crippen LogP contribution >= 0.6 is 0 Å². The van der Waals surface area contributed by atoms with Crippen LogP contribution in [-0.4, -0.2) is 51.2 Å². The Morgan fingerprint density at radius 2 is 2.19 bits per heavy atom. The van der Waals surface area contributed by atoms with Crippen molar-refractivity contribution in [1.82, 2.24) is 5.32 Å². The third-order valence-electron chi connectivity index (χ3n) is 2.93. The first-order chi connectivity index (χ1) is 7.53.